The first-order chi connectivity index (χ1) is 15.3. The lowest BCUT2D eigenvalue weighted by molar-refractivity contribution is 0.253. The molecular formula is C28H39O3P. The van der Waals surface area contributed by atoms with Gasteiger partial charge in [-0.25, -0.2) is 0 Å². The van der Waals surface area contributed by atoms with Crippen molar-refractivity contribution in [1.29, 1.82) is 0 Å². The van der Waals surface area contributed by atoms with Crippen LogP contribution in [0.4, 0.5) is 0 Å². The van der Waals surface area contributed by atoms with Gasteiger partial charge in [0.1, 0.15) is 11.5 Å². The molecule has 32 heavy (non-hydrogen) atoms. The van der Waals surface area contributed by atoms with Gasteiger partial charge in [0.25, 0.3) is 0 Å². The normalized spacial score (nSPS) is 31.7. The fraction of sp³-hybridized carbons (Fsp3) is 0.571. The van der Waals surface area contributed by atoms with E-state index in [0.29, 0.717) is 0 Å². The van der Waals surface area contributed by atoms with Crippen LogP contribution in [0.3, 0.4) is 0 Å². The van der Waals surface area contributed by atoms with Crippen LogP contribution >= 0.6 is 8.60 Å². The topological polar surface area (TPSA) is 38.7 Å². The molecule has 0 spiro atoms. The molecule has 0 aromatic heterocycles. The summed E-state index contributed by atoms with van der Waals surface area (Å²) in [6.45, 7) is 9.35. The van der Waals surface area contributed by atoms with E-state index in [0.717, 1.165) is 49.0 Å². The van der Waals surface area contributed by atoms with Gasteiger partial charge in [-0.15, -0.1) is 0 Å². The van der Waals surface area contributed by atoms with E-state index >= 15 is 0 Å². The van der Waals surface area contributed by atoms with Crippen molar-refractivity contribution in [2.75, 3.05) is 0 Å². The van der Waals surface area contributed by atoms with Gasteiger partial charge in [-0.05, 0) is 86.2 Å². The van der Waals surface area contributed by atoms with E-state index in [-0.39, 0.29) is 10.8 Å². The van der Waals surface area contributed by atoms with E-state index in [4.69, 9.17) is 9.05 Å². The molecule has 0 atom stereocenters. The average molecular weight is 455 g/mol. The summed E-state index contributed by atoms with van der Waals surface area (Å²) in [7, 11) is -2.07. The van der Waals surface area contributed by atoms with Gasteiger partial charge in [0.2, 0.25) is 0 Å². The molecule has 0 saturated heterocycles. The molecule has 0 amide bonds. The quantitative estimate of drug-likeness (QED) is 0.446. The maximum Gasteiger partial charge on any atom is 0.460 e. The van der Waals surface area contributed by atoms with Gasteiger partial charge in [0.05, 0.1) is 0 Å². The van der Waals surface area contributed by atoms with E-state index in [1.807, 2.05) is 24.3 Å². The molecular weight excluding hydrogens is 415 g/mol. The van der Waals surface area contributed by atoms with Gasteiger partial charge in [0, 0.05) is 11.1 Å². The van der Waals surface area contributed by atoms with Crippen LogP contribution < -0.4 is 9.05 Å². The third-order valence-electron chi connectivity index (χ3n) is 8.18. The van der Waals surface area contributed by atoms with Crippen LogP contribution in [0, 0.1) is 11.8 Å². The van der Waals surface area contributed by atoms with Crippen LogP contribution in [0.5, 0.6) is 11.5 Å². The molecule has 2 aliphatic carbocycles. The highest BCUT2D eigenvalue weighted by Gasteiger charge is 2.36. The van der Waals surface area contributed by atoms with Crippen molar-refractivity contribution < 1.29 is 13.9 Å². The number of benzene rings is 2. The average Bonchev–Trinajstić information content (AvgIpc) is 2.79. The first-order valence-electron chi connectivity index (χ1n) is 12.3. The van der Waals surface area contributed by atoms with Gasteiger partial charge in [0.15, 0.2) is 0 Å². The first kappa shape index (κ1) is 23.6. The highest BCUT2D eigenvalue weighted by molar-refractivity contribution is 7.41. The molecule has 0 unspecified atom stereocenters. The first-order valence-corrected chi connectivity index (χ1v) is 13.5. The van der Waals surface area contributed by atoms with Crippen molar-refractivity contribution in [2.45, 2.75) is 89.9 Å². The van der Waals surface area contributed by atoms with Gasteiger partial charge in [-0.2, -0.15) is 0 Å². The standard InChI is InChI=1S/C28H39O3P/c1-21-13-17-27(3,18-14-21)23-9-5-7-11-25(23)30-32(29)31-26-12-8-6-10-24(26)28(4)19-15-22(2)16-20-28/h5-12,21-22,29H,13-20H2,1-4H3. The molecule has 2 saturated carbocycles. The van der Waals surface area contributed by atoms with Crippen molar-refractivity contribution in [3.8, 4) is 11.5 Å². The van der Waals surface area contributed by atoms with Crippen LogP contribution in [0.1, 0.15) is 90.2 Å². The molecule has 0 aliphatic heterocycles. The summed E-state index contributed by atoms with van der Waals surface area (Å²) in [5.74, 6) is 3.09. The van der Waals surface area contributed by atoms with Gasteiger partial charge in [-0.3, -0.25) is 0 Å². The Morgan fingerprint density at radius 3 is 1.41 bits per heavy atom. The summed E-state index contributed by atoms with van der Waals surface area (Å²) in [4.78, 5) is 10.9. The maximum absolute atomic E-state index is 10.9. The third-order valence-corrected chi connectivity index (χ3v) is 8.89. The Labute approximate surface area is 195 Å². The summed E-state index contributed by atoms with van der Waals surface area (Å²) < 4.78 is 12.2. The summed E-state index contributed by atoms with van der Waals surface area (Å²) in [5, 5.41) is 0. The second-order valence-corrected chi connectivity index (χ2v) is 11.7. The molecule has 2 aliphatic rings. The summed E-state index contributed by atoms with van der Waals surface area (Å²) in [6, 6.07) is 16.4. The lowest BCUT2D eigenvalue weighted by atomic mass is 9.68. The summed E-state index contributed by atoms with van der Waals surface area (Å²) in [6.07, 6.45) is 9.55. The minimum atomic E-state index is -2.07. The van der Waals surface area contributed by atoms with Crippen LogP contribution in [-0.2, 0) is 10.8 Å². The molecule has 174 valence electrons. The predicted molar refractivity (Wildman–Crippen MR) is 133 cm³/mol. The minimum Gasteiger partial charge on any atom is -0.418 e. The zero-order chi connectivity index (χ0) is 22.8. The molecule has 3 nitrogen and oxygen atoms in total. The Kier molecular flexibility index (Phi) is 7.18. The lowest BCUT2D eigenvalue weighted by Gasteiger charge is -2.38. The molecule has 4 heteroatoms. The lowest BCUT2D eigenvalue weighted by Crippen LogP contribution is -2.28. The highest BCUT2D eigenvalue weighted by atomic mass is 31.2. The Morgan fingerprint density at radius 2 is 1.03 bits per heavy atom. The second-order valence-electron chi connectivity index (χ2n) is 10.9. The van der Waals surface area contributed by atoms with Gasteiger partial charge in [-0.1, -0.05) is 64.1 Å². The Hall–Kier alpha value is -1.57. The van der Waals surface area contributed by atoms with Crippen LogP contribution in [0.2, 0.25) is 0 Å². The molecule has 4 rings (SSSR count). The molecule has 2 fully saturated rings. The van der Waals surface area contributed by atoms with E-state index < -0.39 is 8.60 Å². The Balaban J connectivity index is 1.51. The van der Waals surface area contributed by atoms with Crippen molar-refractivity contribution in [3.05, 3.63) is 59.7 Å². The third kappa shape index (κ3) is 5.15. The zero-order valence-corrected chi connectivity index (χ0v) is 21.0. The van der Waals surface area contributed by atoms with Crippen LogP contribution in [0.15, 0.2) is 48.5 Å². The van der Waals surface area contributed by atoms with E-state index in [2.05, 4.69) is 52.0 Å². The van der Waals surface area contributed by atoms with Crippen molar-refractivity contribution in [1.82, 2.24) is 0 Å². The largest absolute Gasteiger partial charge is 0.460 e. The maximum atomic E-state index is 10.9. The minimum absolute atomic E-state index is 0.0868. The molecule has 0 radical (unpaired) electrons. The monoisotopic (exact) mass is 454 g/mol. The van der Waals surface area contributed by atoms with Crippen LogP contribution in [0.25, 0.3) is 0 Å². The van der Waals surface area contributed by atoms with Gasteiger partial charge >= 0.3 is 8.60 Å². The molecule has 2 aromatic carbocycles. The Bertz CT molecular complexity index is 822. The van der Waals surface area contributed by atoms with Crippen molar-refractivity contribution in [3.63, 3.8) is 0 Å². The SMILES string of the molecule is CC1CCC(C)(c2ccccc2OP(O)Oc2ccccc2C2(C)CCC(C)CC2)CC1. The predicted octanol–water partition coefficient (Wildman–Crippen LogP) is 8.30. The highest BCUT2D eigenvalue weighted by Crippen LogP contribution is 2.49. The summed E-state index contributed by atoms with van der Waals surface area (Å²) >= 11 is 0. The number of rotatable bonds is 6. The van der Waals surface area contributed by atoms with Crippen molar-refractivity contribution >= 4 is 8.60 Å². The number of hydrogen-bond donors (Lipinski definition) is 1. The molecule has 1 N–H and O–H groups in total. The molecule has 2 aromatic rings. The van der Waals surface area contributed by atoms with Gasteiger partial charge < -0.3 is 13.9 Å². The Morgan fingerprint density at radius 1 is 0.688 bits per heavy atom. The number of para-hydroxylation sites is 2. The van der Waals surface area contributed by atoms with Crippen LogP contribution in [-0.4, -0.2) is 4.89 Å². The fourth-order valence-electron chi connectivity index (χ4n) is 5.61. The smallest absolute Gasteiger partial charge is 0.418 e. The van der Waals surface area contributed by atoms with E-state index in [9.17, 15) is 4.89 Å². The molecule has 0 heterocycles. The van der Waals surface area contributed by atoms with E-state index in [1.165, 1.54) is 36.8 Å². The number of hydrogen-bond acceptors (Lipinski definition) is 3. The molecule has 0 bridgehead atoms. The summed E-state index contributed by atoms with van der Waals surface area (Å²) in [5.41, 5.74) is 2.56. The second kappa shape index (κ2) is 9.74. The fourth-order valence-corrected chi connectivity index (χ4v) is 6.31. The zero-order valence-electron chi connectivity index (χ0n) is 20.1. The van der Waals surface area contributed by atoms with E-state index in [1.54, 1.807) is 0 Å². The van der Waals surface area contributed by atoms with Crippen molar-refractivity contribution in [2.24, 2.45) is 11.8 Å².